The van der Waals surface area contributed by atoms with Gasteiger partial charge in [-0.3, -0.25) is 19.3 Å². The van der Waals surface area contributed by atoms with Gasteiger partial charge in [0.2, 0.25) is 5.91 Å². The highest BCUT2D eigenvalue weighted by Gasteiger charge is 2.36. The van der Waals surface area contributed by atoms with E-state index in [-0.39, 0.29) is 30.1 Å². The standard InChI is InChI=1S/C24H18N2O4S2/c27-22(21-16-7-1-3-9-18(16)30-19-10-4-2-8-17(19)21)25-11-12-26-23(28)20(32-24(26)29)14-15-6-5-13-31-15/h1-10,13-14,21H,11-12H2,(H,25,27). The van der Waals surface area contributed by atoms with Crippen LogP contribution in [0.1, 0.15) is 21.9 Å². The molecule has 1 saturated heterocycles. The molecule has 3 heterocycles. The Morgan fingerprint density at radius 3 is 2.34 bits per heavy atom. The zero-order valence-electron chi connectivity index (χ0n) is 16.8. The predicted octanol–water partition coefficient (Wildman–Crippen LogP) is 4.84. The van der Waals surface area contributed by atoms with Gasteiger partial charge in [0.05, 0.1) is 10.8 Å². The molecule has 3 aromatic rings. The van der Waals surface area contributed by atoms with Crippen LogP contribution in [-0.4, -0.2) is 35.0 Å². The van der Waals surface area contributed by atoms with Crippen LogP contribution < -0.4 is 10.1 Å². The molecule has 2 aliphatic heterocycles. The number of imide groups is 1. The van der Waals surface area contributed by atoms with E-state index in [1.165, 1.54) is 16.2 Å². The topological polar surface area (TPSA) is 75.7 Å². The van der Waals surface area contributed by atoms with E-state index < -0.39 is 5.92 Å². The quantitative estimate of drug-likeness (QED) is 0.549. The number of amides is 3. The predicted molar refractivity (Wildman–Crippen MR) is 125 cm³/mol. The Morgan fingerprint density at radius 2 is 1.69 bits per heavy atom. The van der Waals surface area contributed by atoms with Crippen molar-refractivity contribution in [3.8, 4) is 11.5 Å². The zero-order chi connectivity index (χ0) is 22.1. The third-order valence-corrected chi connectivity index (χ3v) is 6.99. The molecule has 2 aromatic carbocycles. The first kappa shape index (κ1) is 20.5. The van der Waals surface area contributed by atoms with Crippen molar-refractivity contribution in [3.05, 3.63) is 87.0 Å². The lowest BCUT2D eigenvalue weighted by atomic mass is 9.87. The summed E-state index contributed by atoms with van der Waals surface area (Å²) in [4.78, 5) is 40.6. The van der Waals surface area contributed by atoms with Gasteiger partial charge >= 0.3 is 0 Å². The summed E-state index contributed by atoms with van der Waals surface area (Å²) in [5, 5.41) is 4.49. The van der Waals surface area contributed by atoms with Crippen molar-refractivity contribution in [3.63, 3.8) is 0 Å². The number of nitrogens with zero attached hydrogens (tertiary/aromatic N) is 1. The molecule has 5 rings (SSSR count). The number of hydrogen-bond acceptors (Lipinski definition) is 6. The summed E-state index contributed by atoms with van der Waals surface area (Å²) in [5.74, 6) is 0.246. The van der Waals surface area contributed by atoms with E-state index in [0.717, 1.165) is 27.8 Å². The minimum absolute atomic E-state index is 0.116. The summed E-state index contributed by atoms with van der Waals surface area (Å²) >= 11 is 2.43. The number of para-hydroxylation sites is 2. The van der Waals surface area contributed by atoms with Crippen LogP contribution in [0.15, 0.2) is 70.9 Å². The highest BCUT2D eigenvalue weighted by molar-refractivity contribution is 8.18. The van der Waals surface area contributed by atoms with Gasteiger partial charge in [0.25, 0.3) is 11.1 Å². The van der Waals surface area contributed by atoms with Crippen molar-refractivity contribution in [2.24, 2.45) is 0 Å². The molecule has 0 saturated carbocycles. The van der Waals surface area contributed by atoms with Gasteiger partial charge in [-0.15, -0.1) is 11.3 Å². The van der Waals surface area contributed by atoms with Gasteiger partial charge in [-0.05, 0) is 41.4 Å². The summed E-state index contributed by atoms with van der Waals surface area (Å²) < 4.78 is 5.94. The maximum atomic E-state index is 13.2. The number of hydrogen-bond donors (Lipinski definition) is 1. The van der Waals surface area contributed by atoms with E-state index in [9.17, 15) is 14.4 Å². The smallest absolute Gasteiger partial charge is 0.293 e. The molecule has 6 nitrogen and oxygen atoms in total. The highest BCUT2D eigenvalue weighted by Crippen LogP contribution is 2.43. The minimum Gasteiger partial charge on any atom is -0.457 e. The first-order valence-electron chi connectivity index (χ1n) is 10.0. The van der Waals surface area contributed by atoms with Gasteiger partial charge in [0, 0.05) is 29.1 Å². The monoisotopic (exact) mass is 462 g/mol. The Labute approximate surface area is 192 Å². The fraction of sp³-hybridized carbons (Fsp3) is 0.125. The van der Waals surface area contributed by atoms with Crippen LogP contribution in [0.5, 0.6) is 11.5 Å². The van der Waals surface area contributed by atoms with Gasteiger partial charge in [0.15, 0.2) is 0 Å². The molecule has 0 atom stereocenters. The number of carbonyl (C=O) groups excluding carboxylic acids is 3. The van der Waals surface area contributed by atoms with Crippen molar-refractivity contribution in [1.29, 1.82) is 0 Å². The first-order chi connectivity index (χ1) is 15.6. The maximum Gasteiger partial charge on any atom is 0.293 e. The molecular weight excluding hydrogens is 444 g/mol. The fourth-order valence-corrected chi connectivity index (χ4v) is 5.37. The second kappa shape index (κ2) is 8.64. The number of rotatable bonds is 5. The van der Waals surface area contributed by atoms with E-state index in [2.05, 4.69) is 5.32 Å². The number of ether oxygens (including phenoxy) is 1. The summed E-state index contributed by atoms with van der Waals surface area (Å²) in [6.07, 6.45) is 1.73. The van der Waals surface area contributed by atoms with Crippen molar-refractivity contribution in [1.82, 2.24) is 10.2 Å². The van der Waals surface area contributed by atoms with Crippen LogP contribution in [0, 0.1) is 0 Å². The Kier molecular flexibility index (Phi) is 5.55. The van der Waals surface area contributed by atoms with E-state index in [1.807, 2.05) is 66.0 Å². The SMILES string of the molecule is O=C(NCCN1C(=O)SC(=Cc2cccs2)C1=O)C1c2ccccc2Oc2ccccc21. The van der Waals surface area contributed by atoms with Crippen LogP contribution in [0.4, 0.5) is 4.79 Å². The van der Waals surface area contributed by atoms with Crippen LogP contribution >= 0.6 is 23.1 Å². The number of nitrogens with one attached hydrogen (secondary N) is 1. The van der Waals surface area contributed by atoms with Gasteiger partial charge in [0.1, 0.15) is 11.5 Å². The molecular formula is C24H18N2O4S2. The molecule has 1 aromatic heterocycles. The number of fused-ring (bicyclic) bond motifs is 2. The molecule has 0 radical (unpaired) electrons. The minimum atomic E-state index is -0.523. The number of benzene rings is 2. The van der Waals surface area contributed by atoms with Crippen LogP contribution in [0.3, 0.4) is 0 Å². The molecule has 0 aliphatic carbocycles. The second-order valence-electron chi connectivity index (χ2n) is 7.25. The Bertz CT molecular complexity index is 1190. The lowest BCUT2D eigenvalue weighted by Crippen LogP contribution is -2.39. The van der Waals surface area contributed by atoms with E-state index in [1.54, 1.807) is 6.08 Å². The van der Waals surface area contributed by atoms with Gasteiger partial charge in [-0.25, -0.2) is 0 Å². The molecule has 160 valence electrons. The van der Waals surface area contributed by atoms with Crippen LogP contribution in [-0.2, 0) is 9.59 Å². The van der Waals surface area contributed by atoms with E-state index >= 15 is 0 Å². The van der Waals surface area contributed by atoms with Crippen molar-refractivity contribution < 1.29 is 19.1 Å². The first-order valence-corrected chi connectivity index (χ1v) is 11.7. The molecule has 32 heavy (non-hydrogen) atoms. The normalized spacial score (nSPS) is 16.6. The van der Waals surface area contributed by atoms with Crippen molar-refractivity contribution in [2.45, 2.75) is 5.92 Å². The van der Waals surface area contributed by atoms with Gasteiger partial charge in [-0.1, -0.05) is 42.5 Å². The maximum absolute atomic E-state index is 13.2. The molecule has 3 amide bonds. The molecule has 2 aliphatic rings. The van der Waals surface area contributed by atoms with Crippen LogP contribution in [0.2, 0.25) is 0 Å². The molecule has 1 fully saturated rings. The van der Waals surface area contributed by atoms with Crippen molar-refractivity contribution in [2.75, 3.05) is 13.1 Å². The number of thioether (sulfide) groups is 1. The molecule has 0 unspecified atom stereocenters. The molecule has 8 heteroatoms. The summed E-state index contributed by atoms with van der Waals surface area (Å²) in [6, 6.07) is 18.7. The Hall–Kier alpha value is -3.36. The van der Waals surface area contributed by atoms with Crippen molar-refractivity contribution >= 4 is 46.2 Å². The largest absolute Gasteiger partial charge is 0.457 e. The summed E-state index contributed by atoms with van der Waals surface area (Å²) in [5.41, 5.74) is 1.57. The molecule has 1 N–H and O–H groups in total. The Morgan fingerprint density at radius 1 is 1.00 bits per heavy atom. The lowest BCUT2D eigenvalue weighted by Gasteiger charge is -2.27. The average Bonchev–Trinajstić information content (AvgIpc) is 3.41. The summed E-state index contributed by atoms with van der Waals surface area (Å²) in [6.45, 7) is 0.287. The fourth-order valence-electron chi connectivity index (χ4n) is 3.78. The van der Waals surface area contributed by atoms with Gasteiger partial charge < -0.3 is 10.1 Å². The molecule has 0 spiro atoms. The number of thiophene rings is 1. The average molecular weight is 463 g/mol. The third kappa shape index (κ3) is 3.83. The van der Waals surface area contributed by atoms with Crippen LogP contribution in [0.25, 0.3) is 6.08 Å². The second-order valence-corrected chi connectivity index (χ2v) is 9.22. The van der Waals surface area contributed by atoms with E-state index in [4.69, 9.17) is 4.74 Å². The number of carbonyl (C=O) groups is 3. The van der Waals surface area contributed by atoms with E-state index in [0.29, 0.717) is 16.4 Å². The summed E-state index contributed by atoms with van der Waals surface area (Å²) in [7, 11) is 0. The molecule has 0 bridgehead atoms. The van der Waals surface area contributed by atoms with Gasteiger partial charge in [-0.2, -0.15) is 0 Å². The Balaban J connectivity index is 1.28. The highest BCUT2D eigenvalue weighted by atomic mass is 32.2. The lowest BCUT2D eigenvalue weighted by molar-refractivity contribution is -0.124. The zero-order valence-corrected chi connectivity index (χ0v) is 18.4. The third-order valence-electron chi connectivity index (χ3n) is 5.27.